The van der Waals surface area contributed by atoms with Crippen molar-refractivity contribution in [2.45, 2.75) is 64.5 Å². The Bertz CT molecular complexity index is 392. The summed E-state index contributed by atoms with van der Waals surface area (Å²) in [6.45, 7) is 3.68. The number of carboxylic acid groups (broad SMARTS) is 1. The first-order valence-corrected chi connectivity index (χ1v) is 7.95. The Labute approximate surface area is 131 Å². The van der Waals surface area contributed by atoms with Gasteiger partial charge in [-0.05, 0) is 26.7 Å². The molecular weight excluding hydrogens is 286 g/mol. The SMILES string of the molecule is CC(C)N(CCC(=O)O)C(=O)CNC(=O)NC1CCCCC1. The van der Waals surface area contributed by atoms with Crippen LogP contribution in [0.15, 0.2) is 0 Å². The van der Waals surface area contributed by atoms with Crippen LogP contribution in [0.2, 0.25) is 0 Å². The summed E-state index contributed by atoms with van der Waals surface area (Å²) in [4.78, 5) is 36.0. The van der Waals surface area contributed by atoms with Crippen molar-refractivity contribution in [1.82, 2.24) is 15.5 Å². The van der Waals surface area contributed by atoms with Gasteiger partial charge in [0, 0.05) is 18.6 Å². The predicted molar refractivity (Wildman–Crippen MR) is 82.5 cm³/mol. The summed E-state index contributed by atoms with van der Waals surface area (Å²) in [5, 5.41) is 14.2. The van der Waals surface area contributed by atoms with Gasteiger partial charge >= 0.3 is 12.0 Å². The first-order valence-electron chi connectivity index (χ1n) is 7.95. The number of carbonyl (C=O) groups excluding carboxylic acids is 2. The Hall–Kier alpha value is -1.79. The Morgan fingerprint density at radius 2 is 1.82 bits per heavy atom. The van der Waals surface area contributed by atoms with Crippen LogP contribution in [0.5, 0.6) is 0 Å². The van der Waals surface area contributed by atoms with Gasteiger partial charge in [0.05, 0.1) is 13.0 Å². The third-order valence-electron chi connectivity index (χ3n) is 3.85. The summed E-state index contributed by atoms with van der Waals surface area (Å²) in [6.07, 6.45) is 5.33. The van der Waals surface area contributed by atoms with E-state index in [1.807, 2.05) is 13.8 Å². The van der Waals surface area contributed by atoms with Gasteiger partial charge in [-0.1, -0.05) is 19.3 Å². The van der Waals surface area contributed by atoms with E-state index in [9.17, 15) is 14.4 Å². The van der Waals surface area contributed by atoms with E-state index in [4.69, 9.17) is 5.11 Å². The summed E-state index contributed by atoms with van der Waals surface area (Å²) >= 11 is 0. The molecule has 7 heteroatoms. The van der Waals surface area contributed by atoms with Gasteiger partial charge in [-0.3, -0.25) is 9.59 Å². The molecule has 0 saturated heterocycles. The maximum atomic E-state index is 12.1. The molecule has 0 aromatic carbocycles. The molecule has 1 saturated carbocycles. The van der Waals surface area contributed by atoms with Gasteiger partial charge < -0.3 is 20.6 Å². The zero-order valence-electron chi connectivity index (χ0n) is 13.4. The molecule has 3 N–H and O–H groups in total. The second-order valence-corrected chi connectivity index (χ2v) is 5.99. The van der Waals surface area contributed by atoms with Crippen LogP contribution in [-0.4, -0.2) is 53.1 Å². The molecule has 1 aliphatic rings. The molecule has 0 heterocycles. The molecule has 0 radical (unpaired) electrons. The minimum absolute atomic E-state index is 0.0990. The van der Waals surface area contributed by atoms with Crippen molar-refractivity contribution < 1.29 is 19.5 Å². The second-order valence-electron chi connectivity index (χ2n) is 5.99. The highest BCUT2D eigenvalue weighted by atomic mass is 16.4. The van der Waals surface area contributed by atoms with Gasteiger partial charge in [-0.2, -0.15) is 0 Å². The Morgan fingerprint density at radius 3 is 2.36 bits per heavy atom. The quantitative estimate of drug-likeness (QED) is 0.660. The molecule has 0 aromatic rings. The van der Waals surface area contributed by atoms with Crippen LogP contribution in [0.1, 0.15) is 52.4 Å². The number of nitrogens with zero attached hydrogens (tertiary/aromatic N) is 1. The van der Waals surface area contributed by atoms with E-state index in [-0.39, 0.29) is 43.5 Å². The maximum Gasteiger partial charge on any atom is 0.315 e. The van der Waals surface area contributed by atoms with Gasteiger partial charge in [0.2, 0.25) is 5.91 Å². The zero-order chi connectivity index (χ0) is 16.5. The maximum absolute atomic E-state index is 12.1. The summed E-state index contributed by atoms with van der Waals surface area (Å²) in [7, 11) is 0. The first-order chi connectivity index (χ1) is 10.4. The van der Waals surface area contributed by atoms with Crippen molar-refractivity contribution in [2.75, 3.05) is 13.1 Å². The summed E-state index contributed by atoms with van der Waals surface area (Å²) in [5.41, 5.74) is 0. The van der Waals surface area contributed by atoms with Gasteiger partial charge in [-0.15, -0.1) is 0 Å². The van der Waals surface area contributed by atoms with Crippen molar-refractivity contribution in [3.63, 3.8) is 0 Å². The molecule has 0 bridgehead atoms. The third kappa shape index (κ3) is 6.78. The fourth-order valence-electron chi connectivity index (χ4n) is 2.63. The van der Waals surface area contributed by atoms with Gasteiger partial charge in [0.15, 0.2) is 0 Å². The van der Waals surface area contributed by atoms with Gasteiger partial charge in [-0.25, -0.2) is 4.79 Å². The molecule has 0 aliphatic heterocycles. The van der Waals surface area contributed by atoms with Crippen LogP contribution in [0.4, 0.5) is 4.79 Å². The number of nitrogens with one attached hydrogen (secondary N) is 2. The van der Waals surface area contributed by atoms with E-state index < -0.39 is 5.97 Å². The van der Waals surface area contributed by atoms with Crippen molar-refractivity contribution in [3.05, 3.63) is 0 Å². The van der Waals surface area contributed by atoms with Crippen LogP contribution in [0.3, 0.4) is 0 Å². The van der Waals surface area contributed by atoms with Crippen molar-refractivity contribution in [2.24, 2.45) is 0 Å². The normalized spacial score (nSPS) is 15.4. The fraction of sp³-hybridized carbons (Fsp3) is 0.800. The average molecular weight is 313 g/mol. The number of hydrogen-bond donors (Lipinski definition) is 3. The Morgan fingerprint density at radius 1 is 1.18 bits per heavy atom. The largest absolute Gasteiger partial charge is 0.481 e. The molecule has 0 spiro atoms. The highest BCUT2D eigenvalue weighted by Gasteiger charge is 2.20. The van der Waals surface area contributed by atoms with Crippen molar-refractivity contribution >= 4 is 17.9 Å². The molecular formula is C15H27N3O4. The minimum atomic E-state index is -0.943. The molecule has 22 heavy (non-hydrogen) atoms. The minimum Gasteiger partial charge on any atom is -0.481 e. The van der Waals surface area contributed by atoms with Crippen LogP contribution < -0.4 is 10.6 Å². The molecule has 7 nitrogen and oxygen atoms in total. The highest BCUT2D eigenvalue weighted by Crippen LogP contribution is 2.17. The predicted octanol–water partition coefficient (Wildman–Crippen LogP) is 1.33. The molecule has 1 aliphatic carbocycles. The Kier molecular flexibility index (Phi) is 7.70. The molecule has 0 atom stereocenters. The summed E-state index contributed by atoms with van der Waals surface area (Å²) in [6, 6.07) is -0.241. The highest BCUT2D eigenvalue weighted by molar-refractivity contribution is 5.84. The molecule has 0 aromatic heterocycles. The van der Waals surface area contributed by atoms with E-state index in [1.54, 1.807) is 0 Å². The molecule has 126 valence electrons. The molecule has 0 unspecified atom stereocenters. The summed E-state index contributed by atoms with van der Waals surface area (Å²) in [5.74, 6) is -1.21. The van der Waals surface area contributed by atoms with Crippen LogP contribution >= 0.6 is 0 Å². The molecule has 3 amide bonds. The van der Waals surface area contributed by atoms with Crippen LogP contribution in [0.25, 0.3) is 0 Å². The number of urea groups is 1. The lowest BCUT2D eigenvalue weighted by Gasteiger charge is -2.27. The Balaban J connectivity index is 2.34. The van der Waals surface area contributed by atoms with E-state index in [2.05, 4.69) is 10.6 Å². The number of hydrogen-bond acceptors (Lipinski definition) is 3. The van der Waals surface area contributed by atoms with Crippen molar-refractivity contribution in [3.8, 4) is 0 Å². The number of aliphatic carboxylic acids is 1. The summed E-state index contributed by atoms with van der Waals surface area (Å²) < 4.78 is 0. The lowest BCUT2D eigenvalue weighted by molar-refractivity contribution is -0.138. The van der Waals surface area contributed by atoms with E-state index in [1.165, 1.54) is 11.3 Å². The molecule has 1 fully saturated rings. The average Bonchev–Trinajstić information content (AvgIpc) is 2.45. The number of carbonyl (C=O) groups is 3. The monoisotopic (exact) mass is 313 g/mol. The van der Waals surface area contributed by atoms with E-state index in [0.29, 0.717) is 0 Å². The van der Waals surface area contributed by atoms with Gasteiger partial charge in [0.25, 0.3) is 0 Å². The van der Waals surface area contributed by atoms with Crippen molar-refractivity contribution in [1.29, 1.82) is 0 Å². The van der Waals surface area contributed by atoms with E-state index in [0.717, 1.165) is 25.7 Å². The number of amides is 3. The van der Waals surface area contributed by atoms with Gasteiger partial charge in [0.1, 0.15) is 0 Å². The first kappa shape index (κ1) is 18.3. The van der Waals surface area contributed by atoms with Crippen LogP contribution in [-0.2, 0) is 9.59 Å². The zero-order valence-corrected chi connectivity index (χ0v) is 13.4. The lowest BCUT2D eigenvalue weighted by Crippen LogP contribution is -2.48. The fourth-order valence-corrected chi connectivity index (χ4v) is 2.63. The number of rotatable bonds is 7. The third-order valence-corrected chi connectivity index (χ3v) is 3.85. The lowest BCUT2D eigenvalue weighted by atomic mass is 9.96. The standard InChI is InChI=1S/C15H27N3O4/c1-11(2)18(9-8-14(20)21)13(19)10-16-15(22)17-12-6-4-3-5-7-12/h11-12H,3-10H2,1-2H3,(H,20,21)(H2,16,17,22). The molecule has 1 rings (SSSR count). The van der Waals surface area contributed by atoms with Crippen LogP contribution in [0, 0.1) is 0 Å². The number of carboxylic acids is 1. The topological polar surface area (TPSA) is 98.7 Å². The smallest absolute Gasteiger partial charge is 0.315 e. The second kappa shape index (κ2) is 9.27. The van der Waals surface area contributed by atoms with E-state index >= 15 is 0 Å².